The minimum Gasteiger partial charge on any atom is -0.508 e. The summed E-state index contributed by atoms with van der Waals surface area (Å²) in [4.78, 5) is 0. The summed E-state index contributed by atoms with van der Waals surface area (Å²) >= 11 is 7.94. The van der Waals surface area contributed by atoms with Crippen molar-refractivity contribution in [3.8, 4) is 5.75 Å². The molecule has 2 nitrogen and oxygen atoms in total. The number of hydrogen-bond acceptors (Lipinski definition) is 3. The van der Waals surface area contributed by atoms with Gasteiger partial charge in [-0.15, -0.1) is 0 Å². The molecule has 4 heteroatoms. The van der Waals surface area contributed by atoms with Crippen LogP contribution < -0.4 is 5.32 Å². The molecule has 1 aromatic carbocycles. The lowest BCUT2D eigenvalue weighted by Gasteiger charge is -2.36. The molecule has 2 rings (SSSR count). The van der Waals surface area contributed by atoms with E-state index in [1.165, 1.54) is 32.1 Å². The Morgan fingerprint density at radius 2 is 2.05 bits per heavy atom. The largest absolute Gasteiger partial charge is 0.508 e. The third kappa shape index (κ3) is 4.04. The Hall–Kier alpha value is -0.380. The molecule has 1 aliphatic rings. The van der Waals surface area contributed by atoms with Crippen LogP contribution in [0.5, 0.6) is 5.75 Å². The van der Waals surface area contributed by atoms with Crippen LogP contribution >= 0.6 is 23.4 Å². The van der Waals surface area contributed by atoms with Gasteiger partial charge in [-0.1, -0.05) is 30.9 Å². The normalized spacial score (nSPS) is 18.4. The maximum absolute atomic E-state index is 9.79. The lowest BCUT2D eigenvalue weighted by Crippen LogP contribution is -2.39. The first-order chi connectivity index (χ1) is 9.15. The summed E-state index contributed by atoms with van der Waals surface area (Å²) in [5.74, 6) is 0.318. The van der Waals surface area contributed by atoms with Crippen LogP contribution in [0.1, 0.15) is 37.7 Å². The summed E-state index contributed by atoms with van der Waals surface area (Å²) < 4.78 is 0.381. The van der Waals surface area contributed by atoms with Crippen molar-refractivity contribution in [3.63, 3.8) is 0 Å². The first-order valence-corrected chi connectivity index (χ1v) is 8.49. The van der Waals surface area contributed by atoms with Gasteiger partial charge in [0, 0.05) is 28.4 Å². The molecule has 0 aromatic heterocycles. The van der Waals surface area contributed by atoms with Crippen LogP contribution in [0.2, 0.25) is 5.02 Å². The van der Waals surface area contributed by atoms with Crippen LogP contribution in [0.25, 0.3) is 0 Å². The molecule has 106 valence electrons. The van der Waals surface area contributed by atoms with Crippen molar-refractivity contribution in [1.82, 2.24) is 5.32 Å². The van der Waals surface area contributed by atoms with Crippen molar-refractivity contribution in [2.24, 2.45) is 0 Å². The van der Waals surface area contributed by atoms with E-state index in [9.17, 15) is 5.11 Å². The maximum atomic E-state index is 9.79. The molecule has 0 atom stereocenters. The van der Waals surface area contributed by atoms with Crippen molar-refractivity contribution >= 4 is 23.4 Å². The van der Waals surface area contributed by atoms with E-state index in [0.29, 0.717) is 22.1 Å². The SMILES string of the molecule is CSC1(CNCc2cc(Cl)ccc2O)CCCCC1. The van der Waals surface area contributed by atoms with Crippen molar-refractivity contribution in [3.05, 3.63) is 28.8 Å². The Labute approximate surface area is 124 Å². The van der Waals surface area contributed by atoms with Gasteiger partial charge in [0.1, 0.15) is 5.75 Å². The quantitative estimate of drug-likeness (QED) is 0.854. The number of rotatable bonds is 5. The molecule has 0 saturated heterocycles. The van der Waals surface area contributed by atoms with Gasteiger partial charge in [0.2, 0.25) is 0 Å². The molecule has 0 unspecified atom stereocenters. The van der Waals surface area contributed by atoms with Crippen LogP contribution in [0, 0.1) is 0 Å². The van der Waals surface area contributed by atoms with E-state index in [2.05, 4.69) is 11.6 Å². The Balaban J connectivity index is 1.90. The zero-order valence-electron chi connectivity index (χ0n) is 11.4. The third-order valence-corrected chi connectivity index (χ3v) is 5.66. The molecular formula is C15H22ClNOS. The topological polar surface area (TPSA) is 32.3 Å². The Kier molecular flexibility index (Phi) is 5.43. The zero-order valence-corrected chi connectivity index (χ0v) is 13.0. The number of benzene rings is 1. The number of thioether (sulfide) groups is 1. The van der Waals surface area contributed by atoms with Crippen LogP contribution in [0.4, 0.5) is 0 Å². The minimum absolute atomic E-state index is 0.318. The van der Waals surface area contributed by atoms with Gasteiger partial charge < -0.3 is 10.4 Å². The van der Waals surface area contributed by atoms with Crippen molar-refractivity contribution in [2.75, 3.05) is 12.8 Å². The van der Waals surface area contributed by atoms with Crippen molar-refractivity contribution < 1.29 is 5.11 Å². The third-order valence-electron chi connectivity index (χ3n) is 4.00. The molecule has 0 amide bonds. The second-order valence-electron chi connectivity index (χ2n) is 5.32. The highest BCUT2D eigenvalue weighted by Crippen LogP contribution is 2.38. The van der Waals surface area contributed by atoms with E-state index < -0.39 is 0 Å². The first-order valence-electron chi connectivity index (χ1n) is 6.88. The standard InChI is InChI=1S/C15H22ClNOS/c1-19-15(7-3-2-4-8-15)11-17-10-12-9-13(16)5-6-14(12)18/h5-6,9,17-18H,2-4,7-8,10-11H2,1H3. The molecular weight excluding hydrogens is 278 g/mol. The number of phenols is 1. The van der Waals surface area contributed by atoms with E-state index in [-0.39, 0.29) is 0 Å². The molecule has 0 spiro atoms. The molecule has 1 aliphatic carbocycles. The average Bonchev–Trinajstić information content (AvgIpc) is 2.44. The summed E-state index contributed by atoms with van der Waals surface area (Å²) in [6, 6.07) is 5.20. The van der Waals surface area contributed by atoms with Gasteiger partial charge in [-0.2, -0.15) is 11.8 Å². The molecule has 1 aromatic rings. The highest BCUT2D eigenvalue weighted by Gasteiger charge is 2.30. The number of halogens is 1. The summed E-state index contributed by atoms with van der Waals surface area (Å²) in [6.07, 6.45) is 8.85. The van der Waals surface area contributed by atoms with E-state index in [4.69, 9.17) is 11.6 Å². The van der Waals surface area contributed by atoms with E-state index >= 15 is 0 Å². The molecule has 0 aliphatic heterocycles. The minimum atomic E-state index is 0.318. The van der Waals surface area contributed by atoms with Crippen molar-refractivity contribution in [2.45, 2.75) is 43.4 Å². The smallest absolute Gasteiger partial charge is 0.120 e. The highest BCUT2D eigenvalue weighted by atomic mass is 35.5. The maximum Gasteiger partial charge on any atom is 0.120 e. The van der Waals surface area contributed by atoms with Gasteiger partial charge in [0.15, 0.2) is 0 Å². The van der Waals surface area contributed by atoms with Gasteiger partial charge in [-0.25, -0.2) is 0 Å². The summed E-state index contributed by atoms with van der Waals surface area (Å²) in [7, 11) is 0. The fourth-order valence-electron chi connectivity index (χ4n) is 2.77. The summed E-state index contributed by atoms with van der Waals surface area (Å²) in [6.45, 7) is 1.68. The van der Waals surface area contributed by atoms with Gasteiger partial charge in [0.05, 0.1) is 0 Å². The van der Waals surface area contributed by atoms with E-state index in [1.807, 2.05) is 17.8 Å². The van der Waals surface area contributed by atoms with Gasteiger partial charge in [-0.05, 0) is 37.3 Å². The molecule has 19 heavy (non-hydrogen) atoms. The number of aromatic hydroxyl groups is 1. The molecule has 1 saturated carbocycles. The molecule has 2 N–H and O–H groups in total. The second kappa shape index (κ2) is 6.87. The van der Waals surface area contributed by atoms with E-state index in [1.54, 1.807) is 12.1 Å². The van der Waals surface area contributed by atoms with Crippen LogP contribution in [-0.2, 0) is 6.54 Å². The Morgan fingerprint density at radius 3 is 2.74 bits per heavy atom. The Bertz CT molecular complexity index is 419. The zero-order chi connectivity index (χ0) is 13.7. The Morgan fingerprint density at radius 1 is 1.32 bits per heavy atom. The van der Waals surface area contributed by atoms with Crippen LogP contribution in [0.3, 0.4) is 0 Å². The van der Waals surface area contributed by atoms with Crippen LogP contribution in [0.15, 0.2) is 18.2 Å². The van der Waals surface area contributed by atoms with Crippen LogP contribution in [-0.4, -0.2) is 22.7 Å². The first kappa shape index (κ1) is 15.0. The average molecular weight is 300 g/mol. The van der Waals surface area contributed by atoms with Gasteiger partial charge >= 0.3 is 0 Å². The lowest BCUT2D eigenvalue weighted by atomic mass is 9.88. The van der Waals surface area contributed by atoms with E-state index in [0.717, 1.165) is 12.1 Å². The lowest BCUT2D eigenvalue weighted by molar-refractivity contribution is 0.377. The number of hydrogen-bond donors (Lipinski definition) is 2. The molecule has 0 radical (unpaired) electrons. The van der Waals surface area contributed by atoms with Gasteiger partial charge in [-0.3, -0.25) is 0 Å². The fourth-order valence-corrected chi connectivity index (χ4v) is 3.91. The molecule has 0 heterocycles. The predicted octanol–water partition coefficient (Wildman–Crippen LogP) is 4.20. The number of nitrogens with one attached hydrogen (secondary N) is 1. The van der Waals surface area contributed by atoms with Crippen molar-refractivity contribution in [1.29, 1.82) is 0 Å². The second-order valence-corrected chi connectivity index (χ2v) is 7.04. The molecule has 0 bridgehead atoms. The monoisotopic (exact) mass is 299 g/mol. The predicted molar refractivity (Wildman–Crippen MR) is 84.2 cm³/mol. The number of phenolic OH excluding ortho intramolecular Hbond substituents is 1. The summed E-state index contributed by atoms with van der Waals surface area (Å²) in [5, 5.41) is 14.0. The fraction of sp³-hybridized carbons (Fsp3) is 0.600. The summed E-state index contributed by atoms with van der Waals surface area (Å²) in [5.41, 5.74) is 0.875. The highest BCUT2D eigenvalue weighted by molar-refractivity contribution is 8.00. The van der Waals surface area contributed by atoms with Gasteiger partial charge in [0.25, 0.3) is 0 Å². The molecule has 1 fully saturated rings.